The lowest BCUT2D eigenvalue weighted by Crippen LogP contribution is -2.66. The monoisotopic (exact) mass is 383 g/mol. The highest BCUT2D eigenvalue weighted by atomic mass is 16.7. The van der Waals surface area contributed by atoms with Gasteiger partial charge in [-0.25, -0.2) is 0 Å². The maximum atomic E-state index is 11.4. The van der Waals surface area contributed by atoms with Crippen molar-refractivity contribution in [3.05, 3.63) is 0 Å². The van der Waals surface area contributed by atoms with E-state index in [1.54, 1.807) is 0 Å². The number of nitrogens with one attached hydrogen (secondary N) is 1. The van der Waals surface area contributed by atoms with Crippen LogP contribution in [0, 0.1) is 0 Å². The summed E-state index contributed by atoms with van der Waals surface area (Å²) < 4.78 is 10.9. The Kier molecular flexibility index (Phi) is 9.26. The number of aliphatic hydroxyl groups is 6. The van der Waals surface area contributed by atoms with Crippen LogP contribution in [0.2, 0.25) is 0 Å². The molecule has 1 amide bonds. The summed E-state index contributed by atoms with van der Waals surface area (Å²) in [5.41, 5.74) is 11.2. The number of ether oxygens (including phenoxy) is 2. The van der Waals surface area contributed by atoms with Crippen molar-refractivity contribution in [1.29, 1.82) is 0 Å². The maximum absolute atomic E-state index is 11.4. The fourth-order valence-electron chi connectivity index (χ4n) is 2.65. The van der Waals surface area contributed by atoms with E-state index < -0.39 is 74.1 Å². The minimum absolute atomic E-state index is 0.303. The van der Waals surface area contributed by atoms with Crippen LogP contribution in [0.25, 0.3) is 0 Å². The third kappa shape index (κ3) is 5.53. The van der Waals surface area contributed by atoms with Crippen molar-refractivity contribution >= 4 is 5.91 Å². The smallest absolute Gasteiger partial charge is 0.217 e. The van der Waals surface area contributed by atoms with Gasteiger partial charge in [0, 0.05) is 13.5 Å². The van der Waals surface area contributed by atoms with Gasteiger partial charge in [0.05, 0.1) is 31.5 Å². The molecule has 1 rings (SSSR count). The molecule has 9 unspecified atom stereocenters. The van der Waals surface area contributed by atoms with Crippen LogP contribution in [-0.4, -0.2) is 111 Å². The van der Waals surface area contributed by atoms with Crippen LogP contribution in [0.4, 0.5) is 0 Å². The topological polar surface area (TPSA) is 221 Å². The highest BCUT2D eigenvalue weighted by Crippen LogP contribution is 2.24. The molecule has 26 heavy (non-hydrogen) atoms. The first kappa shape index (κ1) is 23.1. The van der Waals surface area contributed by atoms with Crippen LogP contribution >= 0.6 is 0 Å². The van der Waals surface area contributed by atoms with Crippen molar-refractivity contribution in [1.82, 2.24) is 5.32 Å². The Labute approximate surface area is 150 Å². The van der Waals surface area contributed by atoms with Gasteiger partial charge in [-0.05, 0) is 0 Å². The van der Waals surface area contributed by atoms with E-state index in [-0.39, 0.29) is 6.54 Å². The fourth-order valence-corrected chi connectivity index (χ4v) is 2.65. The Morgan fingerprint density at radius 1 is 1.23 bits per heavy atom. The second-order valence-electron chi connectivity index (χ2n) is 6.16. The third-order valence-electron chi connectivity index (χ3n) is 4.17. The number of rotatable bonds is 9. The summed E-state index contributed by atoms with van der Waals surface area (Å²) >= 11 is 0. The normalized spacial score (nSPS) is 34.0. The van der Waals surface area contributed by atoms with Gasteiger partial charge in [-0.15, -0.1) is 0 Å². The lowest BCUT2D eigenvalue weighted by molar-refractivity contribution is -0.292. The minimum Gasteiger partial charge on any atom is -0.394 e. The minimum atomic E-state index is -1.55. The number of nitrogens with two attached hydrogens (primary N) is 2. The van der Waals surface area contributed by atoms with Gasteiger partial charge in [-0.3, -0.25) is 4.79 Å². The van der Waals surface area contributed by atoms with Gasteiger partial charge in [0.25, 0.3) is 0 Å². The summed E-state index contributed by atoms with van der Waals surface area (Å²) in [5.74, 6) is -0.559. The summed E-state index contributed by atoms with van der Waals surface area (Å²) in [7, 11) is 0. The molecule has 0 saturated carbocycles. The zero-order valence-electron chi connectivity index (χ0n) is 14.4. The number of aliphatic hydroxyl groups excluding tert-OH is 6. The molecule has 11 N–H and O–H groups in total. The maximum Gasteiger partial charge on any atom is 0.217 e. The van der Waals surface area contributed by atoms with Crippen molar-refractivity contribution in [2.75, 3.05) is 19.8 Å². The summed E-state index contributed by atoms with van der Waals surface area (Å²) in [5, 5.41) is 60.6. The Hall–Kier alpha value is -0.930. The standard InChI is InChI=1S/C14H29N3O9/c1-5(20)17-10-12(24)11(23)8(4-19)25-14(10)26-13(6(21)2-15)9(16)7(22)3-18/h6-14,18-19,21-24H,2-4,15-16H2,1H3,(H,17,20). The summed E-state index contributed by atoms with van der Waals surface area (Å²) in [6.45, 7) is -0.496. The molecular formula is C14H29N3O9. The van der Waals surface area contributed by atoms with E-state index in [1.807, 2.05) is 0 Å². The highest BCUT2D eigenvalue weighted by molar-refractivity contribution is 5.73. The molecule has 0 radical (unpaired) electrons. The third-order valence-corrected chi connectivity index (χ3v) is 4.17. The molecule has 154 valence electrons. The Morgan fingerprint density at radius 2 is 1.85 bits per heavy atom. The van der Waals surface area contributed by atoms with Crippen LogP contribution < -0.4 is 16.8 Å². The number of carbonyl (C=O) groups is 1. The molecule has 0 aromatic heterocycles. The molecule has 12 nitrogen and oxygen atoms in total. The molecular weight excluding hydrogens is 354 g/mol. The van der Waals surface area contributed by atoms with Crippen LogP contribution in [0.15, 0.2) is 0 Å². The van der Waals surface area contributed by atoms with Crippen molar-refractivity contribution in [2.45, 2.75) is 61.9 Å². The van der Waals surface area contributed by atoms with E-state index in [0.717, 1.165) is 0 Å². The average Bonchev–Trinajstić information content (AvgIpc) is 2.62. The van der Waals surface area contributed by atoms with E-state index in [9.17, 15) is 30.3 Å². The second kappa shape index (κ2) is 10.4. The quantitative estimate of drug-likeness (QED) is 0.182. The van der Waals surface area contributed by atoms with E-state index in [4.69, 9.17) is 26.0 Å². The molecule has 1 aliphatic heterocycles. The van der Waals surface area contributed by atoms with Gasteiger partial charge in [0.15, 0.2) is 6.29 Å². The van der Waals surface area contributed by atoms with Gasteiger partial charge < -0.3 is 56.9 Å². The summed E-state index contributed by atoms with van der Waals surface area (Å²) in [6.07, 6.45) is -9.88. The number of carbonyl (C=O) groups excluding carboxylic acids is 1. The van der Waals surface area contributed by atoms with Gasteiger partial charge in [-0.2, -0.15) is 0 Å². The lowest BCUT2D eigenvalue weighted by Gasteiger charge is -2.44. The first-order valence-corrected chi connectivity index (χ1v) is 8.15. The number of amides is 1. The van der Waals surface area contributed by atoms with Crippen molar-refractivity contribution in [2.24, 2.45) is 11.5 Å². The predicted octanol–water partition coefficient (Wildman–Crippen LogP) is -5.68. The zero-order chi connectivity index (χ0) is 20.0. The van der Waals surface area contributed by atoms with Crippen LogP contribution in [-0.2, 0) is 14.3 Å². The SMILES string of the molecule is CC(=O)NC1C(OC(C(O)CN)C(N)C(O)CO)OC(CO)C(O)C1O. The Bertz CT molecular complexity index is 444. The number of hydrogen-bond donors (Lipinski definition) is 9. The average molecular weight is 383 g/mol. The molecule has 12 heteroatoms. The molecule has 0 bridgehead atoms. The largest absolute Gasteiger partial charge is 0.394 e. The molecule has 0 aromatic carbocycles. The number of hydrogen-bond acceptors (Lipinski definition) is 11. The summed E-state index contributed by atoms with van der Waals surface area (Å²) in [6, 6.07) is -2.53. The molecule has 1 aliphatic rings. The van der Waals surface area contributed by atoms with E-state index in [0.29, 0.717) is 0 Å². The first-order valence-electron chi connectivity index (χ1n) is 8.15. The van der Waals surface area contributed by atoms with Gasteiger partial charge in [-0.1, -0.05) is 0 Å². The molecule has 0 aliphatic carbocycles. The van der Waals surface area contributed by atoms with Crippen molar-refractivity contribution in [3.63, 3.8) is 0 Å². The molecule has 9 atom stereocenters. The van der Waals surface area contributed by atoms with Crippen molar-refractivity contribution in [3.8, 4) is 0 Å². The molecule has 1 fully saturated rings. The van der Waals surface area contributed by atoms with Gasteiger partial charge >= 0.3 is 0 Å². The Morgan fingerprint density at radius 3 is 2.31 bits per heavy atom. The Balaban J connectivity index is 3.07. The van der Waals surface area contributed by atoms with Gasteiger partial charge in [0.1, 0.15) is 30.5 Å². The first-order chi connectivity index (χ1) is 12.2. The van der Waals surface area contributed by atoms with E-state index in [2.05, 4.69) is 5.32 Å². The predicted molar refractivity (Wildman–Crippen MR) is 86.4 cm³/mol. The van der Waals surface area contributed by atoms with Crippen LogP contribution in [0.5, 0.6) is 0 Å². The molecule has 0 aromatic rings. The molecule has 1 heterocycles. The lowest BCUT2D eigenvalue weighted by atomic mass is 9.96. The zero-order valence-corrected chi connectivity index (χ0v) is 14.4. The molecule has 0 spiro atoms. The van der Waals surface area contributed by atoms with Crippen LogP contribution in [0.1, 0.15) is 6.92 Å². The van der Waals surface area contributed by atoms with Crippen molar-refractivity contribution < 1.29 is 44.9 Å². The fraction of sp³-hybridized carbons (Fsp3) is 0.929. The van der Waals surface area contributed by atoms with Crippen LogP contribution in [0.3, 0.4) is 0 Å². The second-order valence-corrected chi connectivity index (χ2v) is 6.16. The molecule has 1 saturated heterocycles. The summed E-state index contributed by atoms with van der Waals surface area (Å²) in [4.78, 5) is 11.4. The van der Waals surface area contributed by atoms with E-state index >= 15 is 0 Å². The highest BCUT2D eigenvalue weighted by Gasteiger charge is 2.47. The van der Waals surface area contributed by atoms with E-state index in [1.165, 1.54) is 6.92 Å². The van der Waals surface area contributed by atoms with Gasteiger partial charge in [0.2, 0.25) is 5.91 Å².